The van der Waals surface area contributed by atoms with Crippen LogP contribution in [-0.2, 0) is 15.9 Å². The third-order valence-electron chi connectivity index (χ3n) is 4.93. The summed E-state index contributed by atoms with van der Waals surface area (Å²) in [6.07, 6.45) is 4.56. The van der Waals surface area contributed by atoms with E-state index in [1.807, 2.05) is 18.2 Å². The number of hydrogen-bond donors (Lipinski definition) is 1. The van der Waals surface area contributed by atoms with Crippen LogP contribution in [0.15, 0.2) is 29.3 Å². The van der Waals surface area contributed by atoms with E-state index in [0.717, 1.165) is 76.1 Å². The van der Waals surface area contributed by atoms with Gasteiger partial charge in [-0.3, -0.25) is 4.99 Å². The molecule has 1 N–H and O–H groups in total. The van der Waals surface area contributed by atoms with Crippen molar-refractivity contribution >= 4 is 41.5 Å². The van der Waals surface area contributed by atoms with Crippen molar-refractivity contribution in [1.29, 1.82) is 0 Å². The number of ether oxygens (including phenoxy) is 2. The van der Waals surface area contributed by atoms with Crippen molar-refractivity contribution in [1.82, 2.24) is 10.2 Å². The molecular formula is C20H31ClIN3O2. The Hall–Kier alpha value is -0.570. The molecule has 2 saturated heterocycles. The topological polar surface area (TPSA) is 46.1 Å². The Balaban J connectivity index is 0.00000261. The van der Waals surface area contributed by atoms with E-state index in [1.165, 1.54) is 5.56 Å². The predicted octanol–water partition coefficient (Wildman–Crippen LogP) is 3.74. The second-order valence-electron chi connectivity index (χ2n) is 6.84. The minimum Gasteiger partial charge on any atom is -0.375 e. The lowest BCUT2D eigenvalue weighted by atomic mass is 10.1. The van der Waals surface area contributed by atoms with E-state index in [1.54, 1.807) is 0 Å². The molecule has 0 radical (unpaired) electrons. The third kappa shape index (κ3) is 6.76. The fourth-order valence-electron chi connectivity index (χ4n) is 3.57. The molecule has 2 unspecified atom stereocenters. The van der Waals surface area contributed by atoms with Gasteiger partial charge in [0.15, 0.2) is 5.96 Å². The van der Waals surface area contributed by atoms with Crippen LogP contribution in [0.1, 0.15) is 31.7 Å². The maximum Gasteiger partial charge on any atom is 0.194 e. The largest absolute Gasteiger partial charge is 0.375 e. The van der Waals surface area contributed by atoms with Crippen molar-refractivity contribution in [2.75, 3.05) is 39.4 Å². The molecule has 27 heavy (non-hydrogen) atoms. The predicted molar refractivity (Wildman–Crippen MR) is 121 cm³/mol. The smallest absolute Gasteiger partial charge is 0.194 e. The second-order valence-corrected chi connectivity index (χ2v) is 7.24. The van der Waals surface area contributed by atoms with Gasteiger partial charge in [-0.15, -0.1) is 24.0 Å². The van der Waals surface area contributed by atoms with Crippen LogP contribution >= 0.6 is 35.6 Å². The molecule has 0 aliphatic carbocycles. The van der Waals surface area contributed by atoms with E-state index in [2.05, 4.69) is 23.2 Å². The normalized spacial score (nSPS) is 23.2. The van der Waals surface area contributed by atoms with E-state index >= 15 is 0 Å². The molecule has 2 atom stereocenters. The van der Waals surface area contributed by atoms with Crippen LogP contribution in [0.3, 0.4) is 0 Å². The zero-order valence-corrected chi connectivity index (χ0v) is 19.1. The van der Waals surface area contributed by atoms with Gasteiger partial charge >= 0.3 is 0 Å². The first-order valence-electron chi connectivity index (χ1n) is 9.78. The Morgan fingerprint density at radius 2 is 2.07 bits per heavy atom. The fraction of sp³-hybridized carbons (Fsp3) is 0.650. The molecule has 3 rings (SSSR count). The number of halogens is 2. The molecule has 0 spiro atoms. The Bertz CT molecular complexity index is 596. The lowest BCUT2D eigenvalue weighted by Crippen LogP contribution is -2.53. The Morgan fingerprint density at radius 3 is 2.81 bits per heavy atom. The quantitative estimate of drug-likeness (QED) is 0.276. The first kappa shape index (κ1) is 22.7. The van der Waals surface area contributed by atoms with Gasteiger partial charge in [0.05, 0.1) is 12.7 Å². The highest BCUT2D eigenvalue weighted by Gasteiger charge is 2.32. The minimum absolute atomic E-state index is 0. The number of nitrogens with zero attached hydrogens (tertiary/aromatic N) is 2. The molecule has 0 bridgehead atoms. The standard InChI is InChI=1S/C20H30ClN3O2.HI/c1-2-22-20(23-11-5-8-16-7-3-4-9-17(16)21)24-12-14-26-19(15-24)18-10-6-13-25-18;/h3-4,7,9,18-19H,2,5-6,8,10-15H2,1H3,(H,22,23);1H. The highest BCUT2D eigenvalue weighted by molar-refractivity contribution is 14.0. The van der Waals surface area contributed by atoms with E-state index in [0.29, 0.717) is 0 Å². The van der Waals surface area contributed by atoms with Gasteiger partial charge in [0.2, 0.25) is 0 Å². The number of guanidine groups is 1. The summed E-state index contributed by atoms with van der Waals surface area (Å²) in [6, 6.07) is 8.04. The first-order valence-corrected chi connectivity index (χ1v) is 10.2. The SMILES string of the molecule is CCNC(=NCCCc1ccccc1Cl)N1CCOC(C2CCCO2)C1.I. The van der Waals surface area contributed by atoms with Crippen molar-refractivity contribution < 1.29 is 9.47 Å². The number of nitrogens with one attached hydrogen (secondary N) is 1. The molecule has 0 amide bonds. The highest BCUT2D eigenvalue weighted by Crippen LogP contribution is 2.21. The number of benzene rings is 1. The molecule has 2 aliphatic rings. The molecule has 1 aromatic rings. The molecule has 2 aliphatic heterocycles. The lowest BCUT2D eigenvalue weighted by molar-refractivity contribution is -0.0817. The van der Waals surface area contributed by atoms with Gasteiger partial charge < -0.3 is 19.7 Å². The zero-order valence-electron chi connectivity index (χ0n) is 16.0. The Kier molecular flexibility index (Phi) is 10.2. The Labute approximate surface area is 184 Å². The molecule has 0 saturated carbocycles. The van der Waals surface area contributed by atoms with Crippen LogP contribution < -0.4 is 5.32 Å². The summed E-state index contributed by atoms with van der Waals surface area (Å²) in [7, 11) is 0. The van der Waals surface area contributed by atoms with Gasteiger partial charge in [-0.05, 0) is 44.2 Å². The van der Waals surface area contributed by atoms with Crippen molar-refractivity contribution in [2.24, 2.45) is 4.99 Å². The lowest BCUT2D eigenvalue weighted by Gasteiger charge is -2.37. The molecule has 7 heteroatoms. The third-order valence-corrected chi connectivity index (χ3v) is 5.30. The van der Waals surface area contributed by atoms with Crippen molar-refractivity contribution in [3.05, 3.63) is 34.9 Å². The summed E-state index contributed by atoms with van der Waals surface area (Å²) >= 11 is 6.23. The minimum atomic E-state index is 0. The van der Waals surface area contributed by atoms with Gasteiger partial charge in [0.25, 0.3) is 0 Å². The summed E-state index contributed by atoms with van der Waals surface area (Å²) in [5.74, 6) is 0.984. The summed E-state index contributed by atoms with van der Waals surface area (Å²) in [4.78, 5) is 7.15. The number of rotatable bonds is 6. The van der Waals surface area contributed by atoms with Crippen molar-refractivity contribution in [2.45, 2.75) is 44.8 Å². The average Bonchev–Trinajstić information content (AvgIpc) is 3.20. The van der Waals surface area contributed by atoms with E-state index in [9.17, 15) is 0 Å². The van der Waals surface area contributed by atoms with Crippen LogP contribution in [0.4, 0.5) is 0 Å². The maximum atomic E-state index is 6.23. The molecular weight excluding hydrogens is 477 g/mol. The van der Waals surface area contributed by atoms with Gasteiger partial charge in [-0.1, -0.05) is 29.8 Å². The van der Waals surface area contributed by atoms with Gasteiger partial charge in [-0.25, -0.2) is 0 Å². The van der Waals surface area contributed by atoms with Gasteiger partial charge in [0.1, 0.15) is 6.10 Å². The first-order chi connectivity index (χ1) is 12.8. The molecule has 1 aromatic carbocycles. The van der Waals surface area contributed by atoms with Crippen LogP contribution in [0.5, 0.6) is 0 Å². The zero-order chi connectivity index (χ0) is 18.2. The van der Waals surface area contributed by atoms with E-state index in [-0.39, 0.29) is 36.2 Å². The number of hydrogen-bond acceptors (Lipinski definition) is 3. The van der Waals surface area contributed by atoms with E-state index < -0.39 is 0 Å². The number of morpholine rings is 1. The number of aliphatic imine (C=N–C) groups is 1. The van der Waals surface area contributed by atoms with Crippen LogP contribution in [0.25, 0.3) is 0 Å². The summed E-state index contributed by atoms with van der Waals surface area (Å²) in [5.41, 5.74) is 1.19. The Morgan fingerprint density at radius 1 is 1.26 bits per heavy atom. The molecule has 2 fully saturated rings. The van der Waals surface area contributed by atoms with Crippen LogP contribution in [0.2, 0.25) is 5.02 Å². The van der Waals surface area contributed by atoms with E-state index in [4.69, 9.17) is 26.1 Å². The highest BCUT2D eigenvalue weighted by atomic mass is 127. The maximum absolute atomic E-state index is 6.23. The summed E-state index contributed by atoms with van der Waals surface area (Å²) in [5, 5.41) is 4.27. The molecule has 5 nitrogen and oxygen atoms in total. The van der Waals surface area contributed by atoms with Crippen molar-refractivity contribution in [3.8, 4) is 0 Å². The van der Waals surface area contributed by atoms with Crippen molar-refractivity contribution in [3.63, 3.8) is 0 Å². The summed E-state index contributed by atoms with van der Waals surface area (Å²) in [6.45, 7) is 7.08. The average molecular weight is 508 g/mol. The molecule has 152 valence electrons. The molecule has 0 aromatic heterocycles. The van der Waals surface area contributed by atoms with Gasteiger partial charge in [-0.2, -0.15) is 0 Å². The van der Waals surface area contributed by atoms with Crippen LogP contribution in [-0.4, -0.2) is 62.5 Å². The van der Waals surface area contributed by atoms with Gasteiger partial charge in [0, 0.05) is 37.8 Å². The molecule has 2 heterocycles. The fourth-order valence-corrected chi connectivity index (χ4v) is 3.80. The monoisotopic (exact) mass is 507 g/mol. The van der Waals surface area contributed by atoms with Crippen LogP contribution in [0, 0.1) is 0 Å². The summed E-state index contributed by atoms with van der Waals surface area (Å²) < 4.78 is 11.8. The number of aryl methyl sites for hydroxylation is 1. The second kappa shape index (κ2) is 12.1.